The number of pyridine rings is 2. The highest BCUT2D eigenvalue weighted by atomic mass is 19.3. The first-order valence-electron chi connectivity index (χ1n) is 15.7. The number of H-pyrrole nitrogens is 1. The van der Waals surface area contributed by atoms with Gasteiger partial charge in [0, 0.05) is 18.8 Å². The number of nitrogens with one attached hydrogen (secondary N) is 3. The number of carbonyl (C=O) groups is 2. The number of aromatic amines is 1. The van der Waals surface area contributed by atoms with Crippen LogP contribution in [0.5, 0.6) is 11.6 Å². The van der Waals surface area contributed by atoms with Crippen LogP contribution in [0.3, 0.4) is 0 Å². The van der Waals surface area contributed by atoms with Crippen molar-refractivity contribution in [1.82, 2.24) is 20.2 Å². The Bertz CT molecular complexity index is 1600. The predicted molar refractivity (Wildman–Crippen MR) is 168 cm³/mol. The number of anilines is 1. The number of hydrogen-bond acceptors (Lipinski definition) is 7. The van der Waals surface area contributed by atoms with Crippen LogP contribution in [0.1, 0.15) is 72.7 Å². The topological polar surface area (TPSA) is 126 Å². The number of carbonyl (C=O) groups excluding carboxylic acids is 2. The second kappa shape index (κ2) is 15.9. The van der Waals surface area contributed by atoms with Gasteiger partial charge in [-0.05, 0) is 78.7 Å². The molecule has 1 saturated carbocycles. The average Bonchev–Trinajstić information content (AvgIpc) is 3.00. The Hall–Kier alpha value is -4.46. The number of likely N-dealkylation sites (tertiary alicyclic amines) is 1. The highest BCUT2D eigenvalue weighted by molar-refractivity contribution is 6.05. The van der Waals surface area contributed by atoms with Gasteiger partial charge in [0.1, 0.15) is 17.1 Å². The van der Waals surface area contributed by atoms with Crippen LogP contribution in [0.15, 0.2) is 47.4 Å². The van der Waals surface area contributed by atoms with Crippen LogP contribution >= 0.6 is 0 Å². The van der Waals surface area contributed by atoms with Crippen molar-refractivity contribution < 1.29 is 36.6 Å². The molecular formula is C33H39F4N5O5. The number of halogens is 4. The Morgan fingerprint density at radius 3 is 2.49 bits per heavy atom. The van der Waals surface area contributed by atoms with Crippen LogP contribution < -0.4 is 25.7 Å². The summed E-state index contributed by atoms with van der Waals surface area (Å²) < 4.78 is 63.2. The van der Waals surface area contributed by atoms with Crippen LogP contribution in [-0.4, -0.2) is 65.5 Å². The van der Waals surface area contributed by atoms with Crippen molar-refractivity contribution in [3.8, 4) is 22.8 Å². The van der Waals surface area contributed by atoms with Gasteiger partial charge in [-0.2, -0.15) is 13.8 Å². The molecule has 1 aromatic carbocycles. The lowest BCUT2D eigenvalue weighted by Gasteiger charge is -2.39. The van der Waals surface area contributed by atoms with Gasteiger partial charge in [0.15, 0.2) is 0 Å². The standard InChI is InChI=1S/C31H33F4N5O5.C2H6/c1-2-8-44-26-11-20(22-7-6-21(45-30(32)33)12-23(22)29(43)40-16-31(34,35)17-40)10-25(38-26)39-28(42)24-9-19(15-37-27(24)41)14-36-13-18-4-3-5-18;1-2/h6-7,9-12,15,18,30,36H,2-5,8,13-14,16-17H2,1H3,(H,37,41)(H,38,39,42);1-2H3. The fourth-order valence-electron chi connectivity index (χ4n) is 5.06. The van der Waals surface area contributed by atoms with E-state index in [0.29, 0.717) is 24.4 Å². The summed E-state index contributed by atoms with van der Waals surface area (Å²) in [6.45, 7) is 2.61. The first-order valence-corrected chi connectivity index (χ1v) is 15.7. The summed E-state index contributed by atoms with van der Waals surface area (Å²) in [5.41, 5.74) is 0.222. The van der Waals surface area contributed by atoms with E-state index in [2.05, 4.69) is 25.3 Å². The van der Waals surface area contributed by atoms with Gasteiger partial charge in [-0.25, -0.2) is 8.78 Å². The number of nitrogens with zero attached hydrogens (tertiary/aromatic N) is 2. The molecule has 0 radical (unpaired) electrons. The molecule has 5 rings (SSSR count). The average molecular weight is 662 g/mol. The quantitative estimate of drug-likeness (QED) is 0.190. The molecule has 3 heterocycles. The van der Waals surface area contributed by atoms with E-state index < -0.39 is 43.0 Å². The monoisotopic (exact) mass is 661 g/mol. The lowest BCUT2D eigenvalue weighted by atomic mass is 9.85. The lowest BCUT2D eigenvalue weighted by Crippen LogP contribution is -2.58. The smallest absolute Gasteiger partial charge is 0.387 e. The van der Waals surface area contributed by atoms with Gasteiger partial charge in [0.25, 0.3) is 23.3 Å². The second-order valence-corrected chi connectivity index (χ2v) is 11.2. The number of ether oxygens (including phenoxy) is 2. The summed E-state index contributed by atoms with van der Waals surface area (Å²) >= 11 is 0. The Morgan fingerprint density at radius 2 is 1.85 bits per heavy atom. The van der Waals surface area contributed by atoms with Crippen molar-refractivity contribution in [3.63, 3.8) is 0 Å². The van der Waals surface area contributed by atoms with Crippen molar-refractivity contribution in [2.75, 3.05) is 31.6 Å². The minimum absolute atomic E-state index is 0.0293. The minimum Gasteiger partial charge on any atom is -0.478 e. The first kappa shape index (κ1) is 35.4. The SMILES string of the molecule is CC.CCCOc1cc(-c2ccc(OC(F)F)cc2C(=O)N2CC(F)(F)C2)cc(NC(=O)c2cc(CNCC3CCC3)c[nH]c2=O)n1. The highest BCUT2D eigenvalue weighted by Gasteiger charge is 2.46. The number of aromatic nitrogens is 2. The lowest BCUT2D eigenvalue weighted by molar-refractivity contribution is -0.113. The van der Waals surface area contributed by atoms with Gasteiger partial charge >= 0.3 is 6.61 Å². The highest BCUT2D eigenvalue weighted by Crippen LogP contribution is 2.35. The van der Waals surface area contributed by atoms with Crippen molar-refractivity contribution in [2.45, 2.75) is 65.5 Å². The first-order chi connectivity index (χ1) is 22.5. The Morgan fingerprint density at radius 1 is 1.11 bits per heavy atom. The molecule has 0 bridgehead atoms. The molecular weight excluding hydrogens is 622 g/mol. The van der Waals surface area contributed by atoms with E-state index in [0.717, 1.165) is 17.5 Å². The Labute approximate surface area is 269 Å². The Kier molecular flexibility index (Phi) is 12.0. The summed E-state index contributed by atoms with van der Waals surface area (Å²) in [5, 5.41) is 5.93. The van der Waals surface area contributed by atoms with Gasteiger partial charge in [-0.3, -0.25) is 14.4 Å². The molecule has 10 nitrogen and oxygen atoms in total. The van der Waals surface area contributed by atoms with Crippen LogP contribution in [0.2, 0.25) is 0 Å². The second-order valence-electron chi connectivity index (χ2n) is 11.2. The van der Waals surface area contributed by atoms with Gasteiger partial charge in [-0.1, -0.05) is 27.2 Å². The molecule has 1 saturated heterocycles. The van der Waals surface area contributed by atoms with Gasteiger partial charge < -0.3 is 30.0 Å². The molecule has 47 heavy (non-hydrogen) atoms. The zero-order valence-corrected chi connectivity index (χ0v) is 26.5. The molecule has 0 atom stereocenters. The van der Waals surface area contributed by atoms with Crippen LogP contribution in [-0.2, 0) is 6.54 Å². The van der Waals surface area contributed by atoms with Crippen molar-refractivity contribution in [2.24, 2.45) is 5.92 Å². The predicted octanol–water partition coefficient (Wildman–Crippen LogP) is 6.09. The largest absolute Gasteiger partial charge is 0.478 e. The number of benzene rings is 1. The number of alkyl halides is 4. The Balaban J connectivity index is 0.00000245. The third-order valence-corrected chi connectivity index (χ3v) is 7.58. The van der Waals surface area contributed by atoms with E-state index in [4.69, 9.17) is 4.74 Å². The molecule has 1 aliphatic heterocycles. The van der Waals surface area contributed by atoms with Crippen molar-refractivity contribution in [3.05, 3.63) is 69.6 Å². The molecule has 2 aromatic heterocycles. The maximum Gasteiger partial charge on any atom is 0.387 e. The minimum atomic E-state index is -3.18. The van der Waals surface area contributed by atoms with Crippen LogP contribution in [0.4, 0.5) is 23.4 Å². The van der Waals surface area contributed by atoms with E-state index in [1.54, 1.807) is 0 Å². The fourth-order valence-corrected chi connectivity index (χ4v) is 5.06. The molecule has 2 amide bonds. The summed E-state index contributed by atoms with van der Waals surface area (Å²) in [5.74, 6) is -4.28. The van der Waals surface area contributed by atoms with E-state index in [-0.39, 0.29) is 46.3 Å². The van der Waals surface area contributed by atoms with Crippen LogP contribution in [0.25, 0.3) is 11.1 Å². The normalized spacial score (nSPS) is 15.2. The zero-order chi connectivity index (χ0) is 34.1. The van der Waals surface area contributed by atoms with Gasteiger partial charge in [-0.15, -0.1) is 0 Å². The summed E-state index contributed by atoms with van der Waals surface area (Å²) in [6.07, 6.45) is 5.75. The van der Waals surface area contributed by atoms with E-state index in [9.17, 15) is 31.9 Å². The molecule has 3 N–H and O–H groups in total. The molecule has 2 fully saturated rings. The third kappa shape index (κ3) is 9.31. The molecule has 0 spiro atoms. The molecule has 1 aliphatic carbocycles. The zero-order valence-electron chi connectivity index (χ0n) is 26.5. The number of rotatable bonds is 13. The summed E-state index contributed by atoms with van der Waals surface area (Å²) in [7, 11) is 0. The molecule has 14 heteroatoms. The van der Waals surface area contributed by atoms with Crippen molar-refractivity contribution >= 4 is 17.6 Å². The number of amides is 2. The molecule has 2 aliphatic rings. The molecule has 3 aromatic rings. The van der Waals surface area contributed by atoms with Gasteiger partial charge in [0.05, 0.1) is 25.3 Å². The van der Waals surface area contributed by atoms with E-state index >= 15 is 0 Å². The summed E-state index contributed by atoms with van der Waals surface area (Å²) in [4.78, 5) is 46.9. The maximum atomic E-state index is 13.6. The van der Waals surface area contributed by atoms with Gasteiger partial charge in [0.2, 0.25) is 5.88 Å². The van der Waals surface area contributed by atoms with Crippen LogP contribution in [0, 0.1) is 5.92 Å². The molecule has 254 valence electrons. The number of hydrogen-bond donors (Lipinski definition) is 3. The fraction of sp³-hybridized carbons (Fsp3) is 0.455. The van der Waals surface area contributed by atoms with E-state index in [1.807, 2.05) is 20.8 Å². The maximum absolute atomic E-state index is 13.6. The molecule has 0 unspecified atom stereocenters. The van der Waals surface area contributed by atoms with E-state index in [1.165, 1.54) is 55.8 Å². The van der Waals surface area contributed by atoms with Crippen molar-refractivity contribution in [1.29, 1.82) is 0 Å². The third-order valence-electron chi connectivity index (χ3n) is 7.58. The summed E-state index contributed by atoms with van der Waals surface area (Å²) in [6, 6.07) is 7.95.